The SMILES string of the molecule is CC(=O)Nc1cccn(C2=C(C)C(C)(C)Oc3ccc(C#N)cc32)c1=O. The van der Waals surface area contributed by atoms with Crippen LogP contribution in [0, 0.1) is 11.3 Å². The molecule has 0 atom stereocenters. The standard InChI is InChI=1S/C20H19N3O3/c1-12-18(23-9-5-6-16(19(23)25)22-13(2)24)15-10-14(11-21)7-8-17(15)26-20(12,3)4/h5-10H,1-4H3,(H,22,24). The zero-order chi connectivity index (χ0) is 19.1. The molecule has 1 aliphatic rings. The van der Waals surface area contributed by atoms with Crippen molar-refractivity contribution in [2.75, 3.05) is 5.32 Å². The Morgan fingerprint density at radius 2 is 2.04 bits per heavy atom. The molecule has 0 unspecified atom stereocenters. The fourth-order valence-corrected chi connectivity index (χ4v) is 2.98. The van der Waals surface area contributed by atoms with Crippen molar-refractivity contribution in [1.82, 2.24) is 4.57 Å². The number of pyridine rings is 1. The Balaban J connectivity index is 2.31. The number of nitrogens with zero attached hydrogens (tertiary/aromatic N) is 2. The van der Waals surface area contributed by atoms with E-state index in [0.717, 1.165) is 5.57 Å². The van der Waals surface area contributed by atoms with Crippen molar-refractivity contribution >= 4 is 17.3 Å². The summed E-state index contributed by atoms with van der Waals surface area (Å²) in [6, 6.07) is 10.5. The maximum absolute atomic E-state index is 12.9. The largest absolute Gasteiger partial charge is 0.483 e. The minimum Gasteiger partial charge on any atom is -0.483 e. The van der Waals surface area contributed by atoms with Gasteiger partial charge in [-0.3, -0.25) is 14.2 Å². The van der Waals surface area contributed by atoms with Gasteiger partial charge in [0, 0.05) is 18.7 Å². The number of fused-ring (bicyclic) bond motifs is 1. The van der Waals surface area contributed by atoms with Gasteiger partial charge in [0.2, 0.25) is 5.91 Å². The maximum Gasteiger partial charge on any atom is 0.278 e. The average molecular weight is 349 g/mol. The van der Waals surface area contributed by atoms with Crippen LogP contribution < -0.4 is 15.6 Å². The molecule has 0 fully saturated rings. The maximum atomic E-state index is 12.9. The number of carbonyl (C=O) groups is 1. The lowest BCUT2D eigenvalue weighted by Gasteiger charge is -2.36. The number of ether oxygens (including phenoxy) is 1. The molecule has 3 rings (SSSR count). The molecule has 6 heteroatoms. The van der Waals surface area contributed by atoms with Gasteiger partial charge in [-0.15, -0.1) is 0 Å². The second-order valence-corrected chi connectivity index (χ2v) is 6.69. The van der Waals surface area contributed by atoms with Gasteiger partial charge in [0.05, 0.1) is 17.3 Å². The Morgan fingerprint density at radius 1 is 1.31 bits per heavy atom. The van der Waals surface area contributed by atoms with Crippen molar-refractivity contribution < 1.29 is 9.53 Å². The van der Waals surface area contributed by atoms with E-state index in [0.29, 0.717) is 22.6 Å². The van der Waals surface area contributed by atoms with Gasteiger partial charge >= 0.3 is 0 Å². The highest BCUT2D eigenvalue weighted by Crippen LogP contribution is 2.41. The molecule has 2 heterocycles. The predicted molar refractivity (Wildman–Crippen MR) is 98.9 cm³/mol. The molecule has 0 saturated heterocycles. The number of anilines is 1. The van der Waals surface area contributed by atoms with E-state index in [1.807, 2.05) is 20.8 Å². The summed E-state index contributed by atoms with van der Waals surface area (Å²) in [5.74, 6) is 0.288. The molecule has 26 heavy (non-hydrogen) atoms. The van der Waals surface area contributed by atoms with E-state index in [-0.39, 0.29) is 17.2 Å². The summed E-state index contributed by atoms with van der Waals surface area (Å²) < 4.78 is 7.56. The number of hydrogen-bond donors (Lipinski definition) is 1. The summed E-state index contributed by atoms with van der Waals surface area (Å²) in [5, 5.41) is 11.8. The third kappa shape index (κ3) is 2.88. The van der Waals surface area contributed by atoms with E-state index in [2.05, 4.69) is 11.4 Å². The lowest BCUT2D eigenvalue weighted by Crippen LogP contribution is -2.36. The first-order valence-electron chi connectivity index (χ1n) is 8.19. The number of benzene rings is 1. The lowest BCUT2D eigenvalue weighted by molar-refractivity contribution is -0.114. The van der Waals surface area contributed by atoms with Crippen LogP contribution in [0.2, 0.25) is 0 Å². The number of nitrogens with one attached hydrogen (secondary N) is 1. The topological polar surface area (TPSA) is 84.1 Å². The molecule has 0 bridgehead atoms. The number of hydrogen-bond acceptors (Lipinski definition) is 4. The summed E-state index contributed by atoms with van der Waals surface area (Å²) in [6.07, 6.45) is 1.65. The van der Waals surface area contributed by atoms with Crippen LogP contribution >= 0.6 is 0 Å². The van der Waals surface area contributed by atoms with Gasteiger partial charge in [-0.05, 0) is 56.7 Å². The van der Waals surface area contributed by atoms with Crippen molar-refractivity contribution in [2.45, 2.75) is 33.3 Å². The minimum atomic E-state index is -0.625. The molecule has 0 radical (unpaired) electrons. The smallest absolute Gasteiger partial charge is 0.278 e. The quantitative estimate of drug-likeness (QED) is 0.903. The Kier molecular flexibility index (Phi) is 4.17. The van der Waals surface area contributed by atoms with E-state index in [1.165, 1.54) is 11.5 Å². The van der Waals surface area contributed by atoms with Crippen LogP contribution in [0.5, 0.6) is 5.75 Å². The Hall–Kier alpha value is -3.33. The minimum absolute atomic E-state index is 0.197. The van der Waals surface area contributed by atoms with E-state index >= 15 is 0 Å². The van der Waals surface area contributed by atoms with Crippen LogP contribution in [0.15, 0.2) is 46.9 Å². The summed E-state index contributed by atoms with van der Waals surface area (Å²) in [5.41, 5.74) is 1.88. The summed E-state index contributed by atoms with van der Waals surface area (Å²) >= 11 is 0. The second-order valence-electron chi connectivity index (χ2n) is 6.69. The van der Waals surface area contributed by atoms with Crippen molar-refractivity contribution in [3.8, 4) is 11.8 Å². The van der Waals surface area contributed by atoms with Crippen LogP contribution in [0.1, 0.15) is 38.8 Å². The first kappa shape index (κ1) is 17.5. The predicted octanol–water partition coefficient (Wildman–Crippen LogP) is 3.13. The normalized spacial score (nSPS) is 14.9. The molecule has 1 aromatic carbocycles. The fourth-order valence-electron chi connectivity index (χ4n) is 2.98. The van der Waals surface area contributed by atoms with Crippen molar-refractivity contribution in [3.63, 3.8) is 0 Å². The van der Waals surface area contributed by atoms with Crippen molar-refractivity contribution in [2.24, 2.45) is 0 Å². The van der Waals surface area contributed by atoms with Crippen LogP contribution in [0.4, 0.5) is 5.69 Å². The Labute approximate surface area is 151 Å². The summed E-state index contributed by atoms with van der Waals surface area (Å²) in [7, 11) is 0. The van der Waals surface area contributed by atoms with Gasteiger partial charge in [0.25, 0.3) is 5.56 Å². The highest BCUT2D eigenvalue weighted by atomic mass is 16.5. The lowest BCUT2D eigenvalue weighted by atomic mass is 9.90. The fraction of sp³-hybridized carbons (Fsp3) is 0.250. The molecule has 0 aliphatic carbocycles. The van der Waals surface area contributed by atoms with E-state index in [9.17, 15) is 14.9 Å². The van der Waals surface area contributed by atoms with Gasteiger partial charge in [0.1, 0.15) is 17.0 Å². The summed E-state index contributed by atoms with van der Waals surface area (Å²) in [6.45, 7) is 7.10. The van der Waals surface area contributed by atoms with Gasteiger partial charge in [-0.2, -0.15) is 5.26 Å². The number of carbonyl (C=O) groups excluding carboxylic acids is 1. The van der Waals surface area contributed by atoms with Gasteiger partial charge in [-0.1, -0.05) is 0 Å². The van der Waals surface area contributed by atoms with Crippen LogP contribution in [0.3, 0.4) is 0 Å². The van der Waals surface area contributed by atoms with Gasteiger partial charge < -0.3 is 10.1 Å². The van der Waals surface area contributed by atoms with Gasteiger partial charge in [0.15, 0.2) is 0 Å². The zero-order valence-electron chi connectivity index (χ0n) is 15.1. The third-order valence-electron chi connectivity index (χ3n) is 4.49. The van der Waals surface area contributed by atoms with Crippen LogP contribution in [0.25, 0.3) is 5.70 Å². The Morgan fingerprint density at radius 3 is 2.69 bits per heavy atom. The Bertz CT molecular complexity index is 1040. The molecule has 1 aliphatic heterocycles. The van der Waals surface area contributed by atoms with Crippen molar-refractivity contribution in [1.29, 1.82) is 5.26 Å². The molecule has 1 amide bonds. The molecule has 1 aromatic heterocycles. The number of aromatic nitrogens is 1. The first-order valence-corrected chi connectivity index (χ1v) is 8.19. The van der Waals surface area contributed by atoms with E-state index in [4.69, 9.17) is 4.74 Å². The van der Waals surface area contributed by atoms with Gasteiger partial charge in [-0.25, -0.2) is 0 Å². The molecular weight excluding hydrogens is 330 g/mol. The molecule has 0 spiro atoms. The highest BCUT2D eigenvalue weighted by molar-refractivity contribution is 5.88. The molecule has 0 saturated carbocycles. The van der Waals surface area contributed by atoms with E-state index < -0.39 is 5.60 Å². The molecular formula is C20H19N3O3. The average Bonchev–Trinajstić information content (AvgIpc) is 2.58. The van der Waals surface area contributed by atoms with Crippen molar-refractivity contribution in [3.05, 3.63) is 63.6 Å². The molecule has 6 nitrogen and oxygen atoms in total. The zero-order valence-corrected chi connectivity index (χ0v) is 15.1. The van der Waals surface area contributed by atoms with E-state index in [1.54, 1.807) is 36.5 Å². The van der Waals surface area contributed by atoms with Crippen LogP contribution in [-0.4, -0.2) is 16.1 Å². The highest BCUT2D eigenvalue weighted by Gasteiger charge is 2.33. The monoisotopic (exact) mass is 349 g/mol. The van der Waals surface area contributed by atoms with Crippen LogP contribution in [-0.2, 0) is 4.79 Å². The molecule has 1 N–H and O–H groups in total. The molecule has 132 valence electrons. The number of amides is 1. The third-order valence-corrected chi connectivity index (χ3v) is 4.49. The molecule has 2 aromatic rings. The first-order chi connectivity index (χ1) is 12.2. The second kappa shape index (κ2) is 6.19. The number of nitriles is 1. The number of rotatable bonds is 2. The summed E-state index contributed by atoms with van der Waals surface area (Å²) in [4.78, 5) is 24.3.